The van der Waals surface area contributed by atoms with Crippen LogP contribution in [0.15, 0.2) is 58.1 Å². The maximum atomic E-state index is 12.8. The lowest BCUT2D eigenvalue weighted by Crippen LogP contribution is -2.39. The van der Waals surface area contributed by atoms with Crippen molar-refractivity contribution in [3.05, 3.63) is 85.5 Å². The first-order valence-corrected chi connectivity index (χ1v) is 10.0. The topological polar surface area (TPSA) is 103 Å². The highest BCUT2D eigenvalue weighted by Gasteiger charge is 2.20. The Kier molecular flexibility index (Phi) is 7.38. The number of hydrogen-bond acceptors (Lipinski definition) is 6. The van der Waals surface area contributed by atoms with Crippen molar-refractivity contribution < 1.29 is 9.47 Å². The Labute approximate surface area is 184 Å². The minimum Gasteiger partial charge on any atom is -0.496 e. The maximum Gasteiger partial charge on any atom is 0.330 e. The number of ether oxygens (including phenoxy) is 2. The van der Waals surface area contributed by atoms with Gasteiger partial charge >= 0.3 is 5.69 Å². The van der Waals surface area contributed by atoms with E-state index in [1.807, 2.05) is 30.3 Å². The number of hydrogen-bond donors (Lipinski definition) is 2. The number of aromatic nitrogens is 2. The highest BCUT2D eigenvalue weighted by atomic mass is 35.5. The van der Waals surface area contributed by atoms with Gasteiger partial charge in [-0.25, -0.2) is 4.79 Å². The van der Waals surface area contributed by atoms with Gasteiger partial charge in [0.2, 0.25) is 0 Å². The predicted octanol–water partition coefficient (Wildman–Crippen LogP) is 2.48. The van der Waals surface area contributed by atoms with Gasteiger partial charge in [0.05, 0.1) is 20.3 Å². The van der Waals surface area contributed by atoms with Crippen molar-refractivity contribution in [3.63, 3.8) is 0 Å². The van der Waals surface area contributed by atoms with Crippen LogP contribution in [-0.2, 0) is 17.8 Å². The number of anilines is 2. The lowest BCUT2D eigenvalue weighted by molar-refractivity contribution is 0.205. The summed E-state index contributed by atoms with van der Waals surface area (Å²) in [7, 11) is 3.13. The van der Waals surface area contributed by atoms with Crippen LogP contribution in [-0.4, -0.2) is 36.9 Å². The summed E-state index contributed by atoms with van der Waals surface area (Å²) in [6.07, 6.45) is 0. The third-order valence-corrected chi connectivity index (χ3v) is 5.12. The smallest absolute Gasteiger partial charge is 0.330 e. The van der Waals surface area contributed by atoms with Crippen LogP contribution in [0, 0.1) is 0 Å². The number of H-pyrrole nitrogens is 1. The first kappa shape index (κ1) is 22.5. The summed E-state index contributed by atoms with van der Waals surface area (Å²) in [4.78, 5) is 29.4. The molecule has 0 amide bonds. The molecule has 0 aliphatic heterocycles. The standard InChI is InChI=1S/C22H25ClN4O4/c1-30-11-10-26(14-16-12-17(23)8-9-18(16)31-2)19-20(24)27(22(29)25-21(19)28)13-15-6-4-3-5-7-15/h3-9,12H,10-11,13-14,24H2,1-2H3,(H,25,28,29). The molecule has 164 valence electrons. The van der Waals surface area contributed by atoms with Crippen LogP contribution in [0.1, 0.15) is 11.1 Å². The van der Waals surface area contributed by atoms with Crippen LogP contribution in [0.25, 0.3) is 0 Å². The number of nitrogens with one attached hydrogen (secondary N) is 1. The van der Waals surface area contributed by atoms with E-state index in [0.717, 1.165) is 11.1 Å². The number of nitrogen functional groups attached to an aromatic ring is 1. The summed E-state index contributed by atoms with van der Waals surface area (Å²) in [6.45, 7) is 1.22. The fourth-order valence-electron chi connectivity index (χ4n) is 3.35. The molecule has 2 aromatic carbocycles. The molecule has 0 radical (unpaired) electrons. The molecule has 1 heterocycles. The average Bonchev–Trinajstić information content (AvgIpc) is 2.75. The van der Waals surface area contributed by atoms with Gasteiger partial charge in [-0.05, 0) is 23.8 Å². The molecule has 3 aromatic rings. The van der Waals surface area contributed by atoms with E-state index in [1.54, 1.807) is 37.3 Å². The van der Waals surface area contributed by atoms with Crippen molar-refractivity contribution in [2.24, 2.45) is 0 Å². The number of aromatic amines is 1. The van der Waals surface area contributed by atoms with E-state index >= 15 is 0 Å². The van der Waals surface area contributed by atoms with E-state index < -0.39 is 11.2 Å². The Morgan fingerprint density at radius 1 is 1.13 bits per heavy atom. The van der Waals surface area contributed by atoms with Gasteiger partial charge in [-0.2, -0.15) is 0 Å². The third kappa shape index (κ3) is 5.28. The molecule has 31 heavy (non-hydrogen) atoms. The lowest BCUT2D eigenvalue weighted by atomic mass is 10.1. The van der Waals surface area contributed by atoms with Gasteiger partial charge in [0.25, 0.3) is 5.56 Å². The van der Waals surface area contributed by atoms with Crippen molar-refractivity contribution in [1.82, 2.24) is 9.55 Å². The van der Waals surface area contributed by atoms with E-state index in [4.69, 9.17) is 26.8 Å². The Morgan fingerprint density at radius 3 is 2.55 bits per heavy atom. The molecule has 0 spiro atoms. The molecule has 0 aliphatic carbocycles. The van der Waals surface area contributed by atoms with Gasteiger partial charge in [-0.15, -0.1) is 0 Å². The van der Waals surface area contributed by atoms with Crippen LogP contribution in [0.2, 0.25) is 5.02 Å². The molecular weight excluding hydrogens is 420 g/mol. The largest absolute Gasteiger partial charge is 0.496 e. The van der Waals surface area contributed by atoms with E-state index in [2.05, 4.69) is 4.98 Å². The van der Waals surface area contributed by atoms with Crippen molar-refractivity contribution in [2.75, 3.05) is 38.0 Å². The van der Waals surface area contributed by atoms with Crippen molar-refractivity contribution in [2.45, 2.75) is 13.1 Å². The Balaban J connectivity index is 2.07. The second kappa shape index (κ2) is 10.2. The molecule has 0 unspecified atom stereocenters. The van der Waals surface area contributed by atoms with E-state index in [0.29, 0.717) is 23.9 Å². The molecule has 8 nitrogen and oxygen atoms in total. The maximum absolute atomic E-state index is 12.8. The molecule has 9 heteroatoms. The zero-order valence-electron chi connectivity index (χ0n) is 17.4. The minimum absolute atomic E-state index is 0.0784. The highest BCUT2D eigenvalue weighted by molar-refractivity contribution is 6.30. The van der Waals surface area contributed by atoms with Gasteiger partial charge in [-0.3, -0.25) is 14.3 Å². The number of methoxy groups -OCH3 is 2. The molecular formula is C22H25ClN4O4. The molecule has 0 saturated heterocycles. The fourth-order valence-corrected chi connectivity index (χ4v) is 3.55. The van der Waals surface area contributed by atoms with Crippen LogP contribution in [0.3, 0.4) is 0 Å². The monoisotopic (exact) mass is 444 g/mol. The van der Waals surface area contributed by atoms with Gasteiger partial charge in [-0.1, -0.05) is 41.9 Å². The van der Waals surface area contributed by atoms with E-state index in [1.165, 1.54) is 4.57 Å². The molecule has 0 aliphatic rings. The molecule has 0 saturated carbocycles. The second-order valence-electron chi connectivity index (χ2n) is 6.94. The van der Waals surface area contributed by atoms with Gasteiger partial charge in [0.15, 0.2) is 0 Å². The zero-order valence-corrected chi connectivity index (χ0v) is 18.2. The average molecular weight is 445 g/mol. The van der Waals surface area contributed by atoms with E-state index in [-0.39, 0.29) is 24.6 Å². The third-order valence-electron chi connectivity index (χ3n) is 4.88. The molecule has 0 atom stereocenters. The number of rotatable bonds is 9. The minimum atomic E-state index is -0.567. The molecule has 3 rings (SSSR count). The SMILES string of the molecule is COCCN(Cc1cc(Cl)ccc1OC)c1c(N)n(Cc2ccccc2)c(=O)[nH]c1=O. The van der Waals surface area contributed by atoms with Crippen LogP contribution in [0.4, 0.5) is 11.5 Å². The zero-order chi connectivity index (χ0) is 22.4. The normalized spacial score (nSPS) is 10.8. The summed E-state index contributed by atoms with van der Waals surface area (Å²) in [5.41, 5.74) is 7.07. The first-order chi connectivity index (χ1) is 14.9. The highest BCUT2D eigenvalue weighted by Crippen LogP contribution is 2.27. The first-order valence-electron chi connectivity index (χ1n) is 9.67. The molecule has 3 N–H and O–H groups in total. The van der Waals surface area contributed by atoms with Crippen molar-refractivity contribution in [3.8, 4) is 5.75 Å². The summed E-state index contributed by atoms with van der Waals surface area (Å²) < 4.78 is 12.0. The van der Waals surface area contributed by atoms with Crippen molar-refractivity contribution >= 4 is 23.1 Å². The van der Waals surface area contributed by atoms with Crippen LogP contribution >= 0.6 is 11.6 Å². The van der Waals surface area contributed by atoms with E-state index in [9.17, 15) is 9.59 Å². The summed E-state index contributed by atoms with van der Waals surface area (Å²) in [5.74, 6) is 0.703. The quantitative estimate of drug-likeness (QED) is 0.525. The number of halogens is 1. The van der Waals surface area contributed by atoms with Crippen LogP contribution in [0.5, 0.6) is 5.75 Å². The van der Waals surface area contributed by atoms with Gasteiger partial charge < -0.3 is 20.1 Å². The number of nitrogens with two attached hydrogens (primary N) is 1. The number of nitrogens with zero attached hydrogens (tertiary/aromatic N) is 2. The number of benzene rings is 2. The summed E-state index contributed by atoms with van der Waals surface area (Å²) in [5, 5.41) is 0.540. The Bertz CT molecular complexity index is 1140. The molecule has 1 aromatic heterocycles. The summed E-state index contributed by atoms with van der Waals surface area (Å²) >= 11 is 6.17. The van der Waals surface area contributed by atoms with Gasteiger partial charge in [0, 0.05) is 30.8 Å². The molecule has 0 fully saturated rings. The van der Waals surface area contributed by atoms with Gasteiger partial charge in [0.1, 0.15) is 17.3 Å². The van der Waals surface area contributed by atoms with Crippen molar-refractivity contribution in [1.29, 1.82) is 0 Å². The predicted molar refractivity (Wildman–Crippen MR) is 122 cm³/mol. The fraction of sp³-hybridized carbons (Fsp3) is 0.273. The summed E-state index contributed by atoms with van der Waals surface area (Å²) in [6, 6.07) is 14.7. The second-order valence-corrected chi connectivity index (χ2v) is 7.37. The van der Waals surface area contributed by atoms with Crippen LogP contribution < -0.4 is 26.6 Å². The molecule has 0 bridgehead atoms. The Hall–Kier alpha value is -3.23. The lowest BCUT2D eigenvalue weighted by Gasteiger charge is -2.27. The Morgan fingerprint density at radius 2 is 1.87 bits per heavy atom.